The maximum absolute atomic E-state index is 12.2. The fraction of sp³-hybridized carbons (Fsp3) is 0.200. The average molecular weight is 380 g/mol. The highest BCUT2D eigenvalue weighted by Gasteiger charge is 2.21. The van der Waals surface area contributed by atoms with Crippen molar-refractivity contribution in [3.63, 3.8) is 0 Å². The summed E-state index contributed by atoms with van der Waals surface area (Å²) in [6.07, 6.45) is 2.78. The number of hydrogen-bond acceptors (Lipinski definition) is 6. The summed E-state index contributed by atoms with van der Waals surface area (Å²) in [6, 6.07) is 2.92. The molecule has 0 atom stereocenters. The summed E-state index contributed by atoms with van der Waals surface area (Å²) in [5, 5.41) is 4.83. The fourth-order valence-corrected chi connectivity index (χ4v) is 4.63. The zero-order valence-electron chi connectivity index (χ0n) is 10.0. The van der Waals surface area contributed by atoms with Crippen LogP contribution in [0.3, 0.4) is 0 Å². The molecule has 2 N–H and O–H groups in total. The van der Waals surface area contributed by atoms with Crippen LogP contribution in [0.15, 0.2) is 33.9 Å². The largest absolute Gasteiger partial charge is 0.254 e. The summed E-state index contributed by atoms with van der Waals surface area (Å²) < 4.78 is 46.8. The van der Waals surface area contributed by atoms with Crippen LogP contribution in [0.2, 0.25) is 0 Å². The van der Waals surface area contributed by atoms with Crippen LogP contribution < -0.4 is 5.14 Å². The maximum atomic E-state index is 12.2. The highest BCUT2D eigenvalue weighted by atomic mass is 79.9. The van der Waals surface area contributed by atoms with Crippen LogP contribution >= 0.6 is 15.9 Å². The molecule has 0 aromatic carbocycles. The minimum absolute atomic E-state index is 0.0568. The first kappa shape index (κ1) is 15.3. The molecule has 2 heterocycles. The summed E-state index contributed by atoms with van der Waals surface area (Å²) in [4.78, 5) is 7.99. The Kier molecular flexibility index (Phi) is 4.09. The van der Waals surface area contributed by atoms with Gasteiger partial charge in [0.2, 0.25) is 10.0 Å². The summed E-state index contributed by atoms with van der Waals surface area (Å²) in [5.41, 5.74) is 0.598. The maximum Gasteiger partial charge on any atom is 0.210 e. The number of nitrogens with two attached hydrogens (primary N) is 1. The number of hydrogen-bond donors (Lipinski definition) is 1. The van der Waals surface area contributed by atoms with E-state index in [0.29, 0.717) is 9.99 Å². The molecule has 7 nitrogen and oxygen atoms in total. The molecule has 10 heteroatoms. The molecule has 0 spiro atoms. The second kappa shape index (κ2) is 5.35. The number of nitrogens with zero attached hydrogens (tertiary/aromatic N) is 2. The lowest BCUT2D eigenvalue weighted by Crippen LogP contribution is -2.23. The highest BCUT2D eigenvalue weighted by molar-refractivity contribution is 9.10. The van der Waals surface area contributed by atoms with Crippen molar-refractivity contribution in [3.05, 3.63) is 29.0 Å². The minimum atomic E-state index is -3.85. The van der Waals surface area contributed by atoms with Crippen LogP contribution in [-0.4, -0.2) is 38.3 Å². The number of sulfone groups is 1. The molecule has 0 fully saturated rings. The van der Waals surface area contributed by atoms with E-state index in [1.54, 1.807) is 6.07 Å². The first-order valence-corrected chi connectivity index (χ1v) is 9.49. The lowest BCUT2D eigenvalue weighted by Gasteiger charge is -2.06. The first-order valence-electron chi connectivity index (χ1n) is 5.32. The summed E-state index contributed by atoms with van der Waals surface area (Å²) in [5.74, 6) is -1.24. The Morgan fingerprint density at radius 3 is 2.50 bits per heavy atom. The van der Waals surface area contributed by atoms with E-state index in [4.69, 9.17) is 5.14 Å². The van der Waals surface area contributed by atoms with Gasteiger partial charge in [-0.2, -0.15) is 0 Å². The van der Waals surface area contributed by atoms with Crippen LogP contribution in [0.25, 0.3) is 11.0 Å². The van der Waals surface area contributed by atoms with E-state index in [1.807, 2.05) is 0 Å². The molecule has 2 aromatic rings. The van der Waals surface area contributed by atoms with E-state index in [9.17, 15) is 16.8 Å². The van der Waals surface area contributed by atoms with Gasteiger partial charge in [0.15, 0.2) is 9.84 Å². The quantitative estimate of drug-likeness (QED) is 0.823. The Morgan fingerprint density at radius 1 is 1.15 bits per heavy atom. The molecule has 2 aromatic heterocycles. The van der Waals surface area contributed by atoms with Gasteiger partial charge in [-0.05, 0) is 28.1 Å². The normalized spacial score (nSPS) is 12.7. The summed E-state index contributed by atoms with van der Waals surface area (Å²) in [6.45, 7) is 0. The van der Waals surface area contributed by atoms with Gasteiger partial charge < -0.3 is 0 Å². The summed E-state index contributed by atoms with van der Waals surface area (Å²) in [7, 11) is -7.66. The zero-order valence-corrected chi connectivity index (χ0v) is 13.2. The van der Waals surface area contributed by atoms with Gasteiger partial charge in [-0.3, -0.25) is 9.97 Å². The van der Waals surface area contributed by atoms with E-state index >= 15 is 0 Å². The molecular formula is C10H10BrN3O4S2. The zero-order chi connectivity index (χ0) is 15.0. The van der Waals surface area contributed by atoms with E-state index in [1.165, 1.54) is 18.5 Å². The third-order valence-electron chi connectivity index (χ3n) is 2.48. The van der Waals surface area contributed by atoms with Gasteiger partial charge >= 0.3 is 0 Å². The fourth-order valence-electron chi connectivity index (χ4n) is 1.57. The Labute approximate surface area is 124 Å². The molecule has 0 aliphatic heterocycles. The average Bonchev–Trinajstić information content (AvgIpc) is 2.34. The van der Waals surface area contributed by atoms with Gasteiger partial charge in [0.25, 0.3) is 0 Å². The van der Waals surface area contributed by atoms with Crippen molar-refractivity contribution >= 4 is 46.8 Å². The van der Waals surface area contributed by atoms with E-state index in [0.717, 1.165) is 0 Å². The molecule has 0 saturated carbocycles. The first-order chi connectivity index (χ1) is 9.19. The minimum Gasteiger partial charge on any atom is -0.254 e. The van der Waals surface area contributed by atoms with E-state index < -0.39 is 31.4 Å². The Morgan fingerprint density at radius 2 is 1.85 bits per heavy atom. The Hall–Kier alpha value is -1.10. The predicted octanol–water partition coefficient (Wildman–Crippen LogP) is 0.455. The lowest BCUT2D eigenvalue weighted by atomic mass is 10.3. The third kappa shape index (κ3) is 3.51. The van der Waals surface area contributed by atoms with Crippen LogP contribution in [0.1, 0.15) is 0 Å². The van der Waals surface area contributed by atoms with Crippen LogP contribution in [0.5, 0.6) is 0 Å². The number of rotatable bonds is 4. The third-order valence-corrected chi connectivity index (χ3v) is 5.69. The molecular weight excluding hydrogens is 370 g/mol. The van der Waals surface area contributed by atoms with Crippen molar-refractivity contribution in [1.29, 1.82) is 0 Å². The molecule has 0 aliphatic carbocycles. The van der Waals surface area contributed by atoms with Crippen molar-refractivity contribution in [2.24, 2.45) is 5.14 Å². The van der Waals surface area contributed by atoms with Gasteiger partial charge in [-0.15, -0.1) is 0 Å². The van der Waals surface area contributed by atoms with Gasteiger partial charge in [0, 0.05) is 16.9 Å². The van der Waals surface area contributed by atoms with Crippen molar-refractivity contribution in [2.75, 3.05) is 11.5 Å². The second-order valence-corrected chi connectivity index (χ2v) is 8.74. The lowest BCUT2D eigenvalue weighted by molar-refractivity contribution is 0.588. The predicted molar refractivity (Wildman–Crippen MR) is 77.3 cm³/mol. The van der Waals surface area contributed by atoms with Crippen LogP contribution in [-0.2, 0) is 19.9 Å². The SMILES string of the molecule is NS(=O)(=O)CCS(=O)(=O)c1ccnc2cc(Br)cnc12. The molecule has 0 radical (unpaired) electrons. The van der Waals surface area contributed by atoms with Gasteiger partial charge in [0.05, 0.1) is 21.9 Å². The molecule has 2 rings (SSSR count). The van der Waals surface area contributed by atoms with Crippen molar-refractivity contribution in [3.8, 4) is 0 Å². The van der Waals surface area contributed by atoms with Crippen molar-refractivity contribution < 1.29 is 16.8 Å². The standard InChI is InChI=1S/C10H10BrN3O4S2/c11-7-5-8-10(14-6-7)9(1-2-13-8)19(15,16)3-4-20(12,17)18/h1-2,5-6H,3-4H2,(H2,12,17,18). The molecule has 0 amide bonds. The highest BCUT2D eigenvalue weighted by Crippen LogP contribution is 2.22. The molecule has 20 heavy (non-hydrogen) atoms. The van der Waals surface area contributed by atoms with Crippen LogP contribution in [0.4, 0.5) is 0 Å². The van der Waals surface area contributed by atoms with Gasteiger partial charge in [-0.25, -0.2) is 22.0 Å². The molecule has 0 unspecified atom stereocenters. The number of aromatic nitrogens is 2. The molecule has 0 bridgehead atoms. The molecule has 0 saturated heterocycles. The number of halogens is 1. The monoisotopic (exact) mass is 379 g/mol. The van der Waals surface area contributed by atoms with Gasteiger partial charge in [-0.1, -0.05) is 0 Å². The topological polar surface area (TPSA) is 120 Å². The Bertz CT molecular complexity index is 865. The smallest absolute Gasteiger partial charge is 0.210 e. The van der Waals surface area contributed by atoms with Crippen molar-refractivity contribution in [1.82, 2.24) is 9.97 Å². The van der Waals surface area contributed by atoms with E-state index in [-0.39, 0.29) is 10.4 Å². The number of fused-ring (bicyclic) bond motifs is 1. The molecule has 0 aliphatic rings. The van der Waals surface area contributed by atoms with Gasteiger partial charge in [0.1, 0.15) is 5.52 Å². The summed E-state index contributed by atoms with van der Waals surface area (Å²) >= 11 is 3.22. The molecule has 108 valence electrons. The van der Waals surface area contributed by atoms with E-state index in [2.05, 4.69) is 25.9 Å². The van der Waals surface area contributed by atoms with Crippen LogP contribution in [0, 0.1) is 0 Å². The number of primary sulfonamides is 1. The number of sulfonamides is 1. The van der Waals surface area contributed by atoms with Crippen molar-refractivity contribution in [2.45, 2.75) is 4.90 Å². The second-order valence-electron chi connectivity index (χ2n) is 4.02. The Balaban J connectivity index is 2.52. The number of pyridine rings is 2.